The molecular formula is C16H26ClF3N2O. The van der Waals surface area contributed by atoms with Gasteiger partial charge < -0.3 is 10.6 Å². The zero-order valence-corrected chi connectivity index (χ0v) is 14.0. The molecule has 2 N–H and O–H groups in total. The van der Waals surface area contributed by atoms with Crippen molar-refractivity contribution in [3.8, 4) is 0 Å². The molecule has 2 aliphatic carbocycles. The molecule has 3 rings (SSSR count). The Morgan fingerprint density at radius 3 is 2.39 bits per heavy atom. The second-order valence-electron chi connectivity index (χ2n) is 7.36. The Bertz CT molecular complexity index is 428. The van der Waals surface area contributed by atoms with Gasteiger partial charge in [-0.2, -0.15) is 13.2 Å². The number of halogens is 4. The molecule has 0 bridgehead atoms. The summed E-state index contributed by atoms with van der Waals surface area (Å²) in [7, 11) is 0. The molecule has 3 nitrogen and oxygen atoms in total. The van der Waals surface area contributed by atoms with Crippen LogP contribution in [-0.4, -0.2) is 36.1 Å². The van der Waals surface area contributed by atoms with Gasteiger partial charge in [0.15, 0.2) is 0 Å². The predicted molar refractivity (Wildman–Crippen MR) is 84.1 cm³/mol. The van der Waals surface area contributed by atoms with Crippen molar-refractivity contribution < 1.29 is 18.0 Å². The number of nitrogens with two attached hydrogens (primary N) is 1. The van der Waals surface area contributed by atoms with Crippen molar-refractivity contribution >= 4 is 18.3 Å². The van der Waals surface area contributed by atoms with Gasteiger partial charge in [0, 0.05) is 25.0 Å². The van der Waals surface area contributed by atoms with Gasteiger partial charge in [0.1, 0.15) is 0 Å². The second kappa shape index (κ2) is 7.18. The fourth-order valence-corrected chi connectivity index (χ4v) is 4.67. The lowest BCUT2D eigenvalue weighted by Gasteiger charge is -2.32. The first-order valence-electron chi connectivity index (χ1n) is 8.47. The van der Waals surface area contributed by atoms with Gasteiger partial charge in [0.05, 0.1) is 5.92 Å². The summed E-state index contributed by atoms with van der Waals surface area (Å²) in [6.07, 6.45) is 0.277. The van der Waals surface area contributed by atoms with Gasteiger partial charge in [0.25, 0.3) is 0 Å². The highest BCUT2D eigenvalue weighted by molar-refractivity contribution is 5.85. The molecule has 0 aromatic carbocycles. The standard InChI is InChI=1S/C16H25F3N2O.ClH/c17-16(18,19)12-5-1-3-10(7-12)15(22)21-8-11-4-2-6-14(20)13(11)9-21;/h10-14H,1-9,20H2;1H. The van der Waals surface area contributed by atoms with Gasteiger partial charge in [-0.25, -0.2) is 0 Å². The van der Waals surface area contributed by atoms with Crippen molar-refractivity contribution in [1.29, 1.82) is 0 Å². The minimum atomic E-state index is -4.17. The molecule has 0 radical (unpaired) electrons. The van der Waals surface area contributed by atoms with Crippen molar-refractivity contribution in [2.24, 2.45) is 29.4 Å². The van der Waals surface area contributed by atoms with E-state index in [1.165, 1.54) is 0 Å². The summed E-state index contributed by atoms with van der Waals surface area (Å²) >= 11 is 0. The highest BCUT2D eigenvalue weighted by Gasteiger charge is 2.46. The minimum absolute atomic E-state index is 0. The molecule has 0 spiro atoms. The van der Waals surface area contributed by atoms with Crippen molar-refractivity contribution in [2.75, 3.05) is 13.1 Å². The predicted octanol–water partition coefficient (Wildman–Crippen LogP) is 3.36. The van der Waals surface area contributed by atoms with Crippen LogP contribution in [0.4, 0.5) is 13.2 Å². The molecule has 0 aromatic heterocycles. The van der Waals surface area contributed by atoms with E-state index in [-0.39, 0.29) is 37.2 Å². The van der Waals surface area contributed by atoms with E-state index in [2.05, 4.69) is 0 Å². The number of fused-ring (bicyclic) bond motifs is 1. The van der Waals surface area contributed by atoms with Crippen molar-refractivity contribution in [3.05, 3.63) is 0 Å². The Morgan fingerprint density at radius 1 is 1.04 bits per heavy atom. The van der Waals surface area contributed by atoms with Crippen LogP contribution in [0.2, 0.25) is 0 Å². The van der Waals surface area contributed by atoms with Gasteiger partial charge in [-0.05, 0) is 43.9 Å². The Balaban J connectivity index is 0.00000192. The summed E-state index contributed by atoms with van der Waals surface area (Å²) in [6.45, 7) is 1.35. The first kappa shape index (κ1) is 18.8. The van der Waals surface area contributed by atoms with Crippen molar-refractivity contribution in [1.82, 2.24) is 4.90 Å². The Kier molecular flexibility index (Phi) is 5.88. The van der Waals surface area contributed by atoms with E-state index in [9.17, 15) is 18.0 Å². The van der Waals surface area contributed by atoms with Crippen LogP contribution in [0.15, 0.2) is 0 Å². The minimum Gasteiger partial charge on any atom is -0.342 e. The fraction of sp³-hybridized carbons (Fsp3) is 0.938. The SMILES string of the molecule is Cl.NC1CCCC2CN(C(=O)C3CCCC(C(F)(F)F)C3)CC12. The molecule has 0 aromatic rings. The molecule has 7 heteroatoms. The maximum absolute atomic E-state index is 12.9. The third kappa shape index (κ3) is 3.95. The number of carbonyl (C=O) groups excluding carboxylic acids is 1. The number of alkyl halides is 3. The lowest BCUT2D eigenvalue weighted by atomic mass is 9.78. The lowest BCUT2D eigenvalue weighted by Crippen LogP contribution is -2.40. The largest absolute Gasteiger partial charge is 0.391 e. The second-order valence-corrected chi connectivity index (χ2v) is 7.36. The lowest BCUT2D eigenvalue weighted by molar-refractivity contribution is -0.187. The van der Waals surface area contributed by atoms with Crippen LogP contribution in [0.25, 0.3) is 0 Å². The topological polar surface area (TPSA) is 46.3 Å². The number of hydrogen-bond acceptors (Lipinski definition) is 2. The average Bonchev–Trinajstić information content (AvgIpc) is 2.91. The fourth-order valence-electron chi connectivity index (χ4n) is 4.67. The number of hydrogen-bond donors (Lipinski definition) is 1. The van der Waals surface area contributed by atoms with Gasteiger partial charge in [-0.3, -0.25) is 4.79 Å². The zero-order valence-electron chi connectivity index (χ0n) is 13.2. The first-order chi connectivity index (χ1) is 10.4. The molecule has 3 fully saturated rings. The van der Waals surface area contributed by atoms with E-state index in [1.807, 2.05) is 4.90 Å². The van der Waals surface area contributed by atoms with Crippen LogP contribution in [0.5, 0.6) is 0 Å². The normalized spacial score (nSPS) is 37.9. The van der Waals surface area contributed by atoms with Gasteiger partial charge in [-0.1, -0.05) is 12.8 Å². The van der Waals surface area contributed by atoms with Gasteiger partial charge >= 0.3 is 6.18 Å². The molecule has 5 unspecified atom stereocenters. The third-order valence-corrected chi connectivity index (χ3v) is 5.95. The number of amides is 1. The summed E-state index contributed by atoms with van der Waals surface area (Å²) in [6, 6.07) is 0.144. The molecule has 2 saturated carbocycles. The van der Waals surface area contributed by atoms with Crippen LogP contribution in [0.3, 0.4) is 0 Å². The van der Waals surface area contributed by atoms with E-state index in [0.29, 0.717) is 37.8 Å². The summed E-state index contributed by atoms with van der Waals surface area (Å²) in [5.41, 5.74) is 6.15. The van der Waals surface area contributed by atoms with Gasteiger partial charge in [-0.15, -0.1) is 12.4 Å². The van der Waals surface area contributed by atoms with E-state index in [1.54, 1.807) is 0 Å². The quantitative estimate of drug-likeness (QED) is 0.784. The van der Waals surface area contributed by atoms with Crippen LogP contribution >= 0.6 is 12.4 Å². The highest BCUT2D eigenvalue weighted by atomic mass is 35.5. The summed E-state index contributed by atoms with van der Waals surface area (Å²) in [4.78, 5) is 14.5. The van der Waals surface area contributed by atoms with Crippen molar-refractivity contribution in [3.63, 3.8) is 0 Å². The molecule has 134 valence electrons. The van der Waals surface area contributed by atoms with Crippen molar-refractivity contribution in [2.45, 2.75) is 57.2 Å². The number of likely N-dealkylation sites (tertiary alicyclic amines) is 1. The molecule has 1 aliphatic heterocycles. The summed E-state index contributed by atoms with van der Waals surface area (Å²) < 4.78 is 38.7. The Hall–Kier alpha value is -0.490. The molecule has 23 heavy (non-hydrogen) atoms. The Morgan fingerprint density at radius 2 is 1.74 bits per heavy atom. The molecule has 3 aliphatic rings. The maximum atomic E-state index is 12.9. The van der Waals surface area contributed by atoms with Crippen LogP contribution in [0, 0.1) is 23.7 Å². The van der Waals surface area contributed by atoms with Crippen LogP contribution in [-0.2, 0) is 4.79 Å². The highest BCUT2D eigenvalue weighted by Crippen LogP contribution is 2.42. The van der Waals surface area contributed by atoms with E-state index in [0.717, 1.165) is 19.3 Å². The number of nitrogens with zero attached hydrogens (tertiary/aromatic N) is 1. The number of carbonyl (C=O) groups is 1. The van der Waals surface area contributed by atoms with Gasteiger partial charge in [0.2, 0.25) is 5.91 Å². The van der Waals surface area contributed by atoms with Crippen LogP contribution < -0.4 is 5.73 Å². The summed E-state index contributed by atoms with van der Waals surface area (Å²) in [5.74, 6) is -1.01. The smallest absolute Gasteiger partial charge is 0.342 e. The molecule has 1 saturated heterocycles. The molecule has 1 heterocycles. The van der Waals surface area contributed by atoms with E-state index >= 15 is 0 Å². The maximum Gasteiger partial charge on any atom is 0.391 e. The average molecular weight is 355 g/mol. The Labute approximate surface area is 141 Å². The number of rotatable bonds is 1. The monoisotopic (exact) mass is 354 g/mol. The molecular weight excluding hydrogens is 329 g/mol. The molecule has 1 amide bonds. The molecule has 5 atom stereocenters. The van der Waals surface area contributed by atoms with E-state index in [4.69, 9.17) is 5.73 Å². The zero-order chi connectivity index (χ0) is 15.9. The van der Waals surface area contributed by atoms with Crippen LogP contribution in [0.1, 0.15) is 44.9 Å². The first-order valence-corrected chi connectivity index (χ1v) is 8.47. The van der Waals surface area contributed by atoms with E-state index < -0.39 is 18.0 Å². The third-order valence-electron chi connectivity index (χ3n) is 5.95. The summed E-state index contributed by atoms with van der Waals surface area (Å²) in [5, 5.41) is 0.